The Morgan fingerprint density at radius 1 is 1.08 bits per heavy atom. The van der Waals surface area contributed by atoms with Crippen molar-refractivity contribution in [2.45, 2.75) is 50.0 Å². The summed E-state index contributed by atoms with van der Waals surface area (Å²) in [5, 5.41) is 0. The van der Waals surface area contributed by atoms with Crippen molar-refractivity contribution < 1.29 is 14.2 Å². The van der Waals surface area contributed by atoms with Crippen LogP contribution in [0.5, 0.6) is 11.5 Å². The van der Waals surface area contributed by atoms with Crippen LogP contribution in [0.1, 0.15) is 44.1 Å². The number of likely N-dealkylation sites (N-methyl/N-ethyl adjacent to an activating group) is 1. The molecule has 1 saturated carbocycles. The summed E-state index contributed by atoms with van der Waals surface area (Å²) in [5.41, 5.74) is 2.07. The highest BCUT2D eigenvalue weighted by Crippen LogP contribution is 2.56. The van der Waals surface area contributed by atoms with Gasteiger partial charge in [0.15, 0.2) is 11.5 Å². The summed E-state index contributed by atoms with van der Waals surface area (Å²) >= 11 is 0. The second-order valence-electron chi connectivity index (χ2n) is 8.33. The summed E-state index contributed by atoms with van der Waals surface area (Å²) in [7, 11) is 5.73. The van der Waals surface area contributed by atoms with Gasteiger partial charge in [-0.3, -0.25) is 0 Å². The van der Waals surface area contributed by atoms with E-state index in [0.29, 0.717) is 11.5 Å². The van der Waals surface area contributed by atoms with E-state index < -0.39 is 0 Å². The number of methoxy groups -OCH3 is 2. The molecular weight excluding hydrogens is 314 g/mol. The number of hydrogen-bond donors (Lipinski definition) is 0. The molecule has 1 aliphatic carbocycles. The minimum Gasteiger partial charge on any atom is -0.493 e. The first-order valence-electron chi connectivity index (χ1n) is 9.63. The van der Waals surface area contributed by atoms with Crippen LogP contribution in [0.15, 0.2) is 18.2 Å². The Morgan fingerprint density at radius 2 is 1.92 bits per heavy atom. The van der Waals surface area contributed by atoms with Crippen molar-refractivity contribution in [1.29, 1.82) is 0 Å². The summed E-state index contributed by atoms with van der Waals surface area (Å²) in [6.45, 7) is 3.08. The molecule has 0 amide bonds. The lowest BCUT2D eigenvalue weighted by Gasteiger charge is -2.51. The first kappa shape index (κ1) is 17.2. The predicted molar refractivity (Wildman–Crippen MR) is 98.6 cm³/mol. The van der Waals surface area contributed by atoms with Crippen LogP contribution in [0.25, 0.3) is 0 Å². The molecule has 1 aromatic rings. The highest BCUT2D eigenvalue weighted by Gasteiger charge is 2.54. The van der Waals surface area contributed by atoms with Gasteiger partial charge in [-0.15, -0.1) is 0 Å². The number of rotatable bonds is 3. The fourth-order valence-electron chi connectivity index (χ4n) is 5.66. The monoisotopic (exact) mass is 345 g/mol. The minimum atomic E-state index is 0.247. The van der Waals surface area contributed by atoms with Crippen LogP contribution in [0.4, 0.5) is 0 Å². The van der Waals surface area contributed by atoms with Gasteiger partial charge in [0.1, 0.15) is 0 Å². The molecule has 4 nitrogen and oxygen atoms in total. The van der Waals surface area contributed by atoms with Gasteiger partial charge in [-0.2, -0.15) is 0 Å². The van der Waals surface area contributed by atoms with Gasteiger partial charge in [0.05, 0.1) is 20.8 Å². The maximum absolute atomic E-state index is 5.90. The van der Waals surface area contributed by atoms with Gasteiger partial charge in [-0.1, -0.05) is 6.07 Å². The van der Waals surface area contributed by atoms with Crippen LogP contribution < -0.4 is 9.47 Å². The average Bonchev–Trinajstić information content (AvgIpc) is 2.99. The maximum atomic E-state index is 5.90. The molecule has 1 spiro atoms. The average molecular weight is 345 g/mol. The Hall–Kier alpha value is -1.26. The second kappa shape index (κ2) is 6.48. The number of likely N-dealkylation sites (tertiary alicyclic amines) is 1. The van der Waals surface area contributed by atoms with E-state index in [4.69, 9.17) is 14.2 Å². The van der Waals surface area contributed by atoms with E-state index in [1.54, 1.807) is 14.2 Å². The lowest BCUT2D eigenvalue weighted by molar-refractivity contribution is -0.0546. The third-order valence-corrected chi connectivity index (χ3v) is 7.17. The van der Waals surface area contributed by atoms with Crippen LogP contribution in [-0.4, -0.2) is 52.0 Å². The van der Waals surface area contributed by atoms with Gasteiger partial charge >= 0.3 is 0 Å². The fourth-order valence-corrected chi connectivity index (χ4v) is 5.66. The Labute approximate surface area is 151 Å². The molecule has 0 N–H and O–H groups in total. The normalized spacial score (nSPS) is 35.6. The molecule has 2 heterocycles. The van der Waals surface area contributed by atoms with Crippen molar-refractivity contribution in [2.24, 2.45) is 5.41 Å². The third-order valence-electron chi connectivity index (χ3n) is 7.17. The zero-order valence-electron chi connectivity index (χ0n) is 15.8. The second-order valence-corrected chi connectivity index (χ2v) is 8.33. The molecule has 4 heteroatoms. The number of hydrogen-bond acceptors (Lipinski definition) is 4. The van der Waals surface area contributed by atoms with Gasteiger partial charge in [0.2, 0.25) is 0 Å². The fraction of sp³-hybridized carbons (Fsp3) is 0.714. The lowest BCUT2D eigenvalue weighted by Crippen LogP contribution is -2.51. The van der Waals surface area contributed by atoms with Crippen molar-refractivity contribution in [2.75, 3.05) is 41.0 Å². The molecule has 0 radical (unpaired) electrons. The molecule has 1 unspecified atom stereocenters. The molecule has 3 atom stereocenters. The van der Waals surface area contributed by atoms with Gasteiger partial charge in [0.25, 0.3) is 0 Å². The van der Waals surface area contributed by atoms with Crippen molar-refractivity contribution in [3.05, 3.63) is 23.8 Å². The molecule has 0 bridgehead atoms. The zero-order valence-corrected chi connectivity index (χ0v) is 15.8. The van der Waals surface area contributed by atoms with Crippen LogP contribution in [0, 0.1) is 5.41 Å². The first-order chi connectivity index (χ1) is 12.1. The molecule has 138 valence electrons. The van der Waals surface area contributed by atoms with Crippen molar-refractivity contribution >= 4 is 0 Å². The first-order valence-corrected chi connectivity index (χ1v) is 9.63. The topological polar surface area (TPSA) is 30.9 Å². The predicted octanol–water partition coefficient (Wildman–Crippen LogP) is 3.63. The molecule has 4 rings (SSSR count). The van der Waals surface area contributed by atoms with E-state index >= 15 is 0 Å². The van der Waals surface area contributed by atoms with Crippen molar-refractivity contribution in [1.82, 2.24) is 4.90 Å². The molecule has 0 aromatic heterocycles. The third kappa shape index (κ3) is 2.74. The van der Waals surface area contributed by atoms with Gasteiger partial charge in [-0.05, 0) is 75.2 Å². The van der Waals surface area contributed by atoms with E-state index in [1.165, 1.54) is 50.6 Å². The lowest BCUT2D eigenvalue weighted by atomic mass is 9.57. The minimum absolute atomic E-state index is 0.247. The SMILES string of the molecule is COc1ccc([C@]23CCN(C)[C@H]2CC2(CCCOC2)CC3)cc1OC. The Balaban J connectivity index is 1.68. The standard InChI is InChI=1S/C21H31NO3/c1-22-11-10-21(16-5-6-17(23-2)18(13-16)24-3)9-8-20(14-19(21)22)7-4-12-25-15-20/h5-6,13,19H,4,7-12,14-15H2,1-3H3/t19-,20?,21-/m0/s1. The van der Waals surface area contributed by atoms with E-state index in [-0.39, 0.29) is 5.41 Å². The Kier molecular flexibility index (Phi) is 4.45. The quantitative estimate of drug-likeness (QED) is 0.837. The van der Waals surface area contributed by atoms with Crippen LogP contribution in [-0.2, 0) is 10.2 Å². The van der Waals surface area contributed by atoms with Gasteiger partial charge in [-0.25, -0.2) is 0 Å². The molecule has 2 aliphatic heterocycles. The van der Waals surface area contributed by atoms with E-state index in [9.17, 15) is 0 Å². The summed E-state index contributed by atoms with van der Waals surface area (Å²) in [5.74, 6) is 1.67. The highest BCUT2D eigenvalue weighted by molar-refractivity contribution is 5.46. The summed E-state index contributed by atoms with van der Waals surface area (Å²) in [6, 6.07) is 7.16. The number of ether oxygens (including phenoxy) is 3. The summed E-state index contributed by atoms with van der Waals surface area (Å²) in [6.07, 6.45) is 7.59. The van der Waals surface area contributed by atoms with Crippen LogP contribution >= 0.6 is 0 Å². The molecule has 25 heavy (non-hydrogen) atoms. The molecule has 2 saturated heterocycles. The Morgan fingerprint density at radius 3 is 2.64 bits per heavy atom. The zero-order chi connectivity index (χ0) is 17.5. The number of benzene rings is 1. The highest BCUT2D eigenvalue weighted by atomic mass is 16.5. The Bertz CT molecular complexity index is 626. The van der Waals surface area contributed by atoms with E-state index in [2.05, 4.69) is 30.1 Å². The van der Waals surface area contributed by atoms with Crippen LogP contribution in [0.3, 0.4) is 0 Å². The smallest absolute Gasteiger partial charge is 0.161 e. The van der Waals surface area contributed by atoms with Crippen LogP contribution in [0.2, 0.25) is 0 Å². The summed E-state index contributed by atoms with van der Waals surface area (Å²) < 4.78 is 16.9. The maximum Gasteiger partial charge on any atom is 0.161 e. The summed E-state index contributed by atoms with van der Waals surface area (Å²) in [4.78, 5) is 2.59. The molecule has 3 aliphatic rings. The van der Waals surface area contributed by atoms with Gasteiger partial charge in [0, 0.05) is 18.1 Å². The molecular formula is C21H31NO3. The van der Waals surface area contributed by atoms with Crippen molar-refractivity contribution in [3.8, 4) is 11.5 Å². The van der Waals surface area contributed by atoms with E-state index in [1.807, 2.05) is 0 Å². The largest absolute Gasteiger partial charge is 0.493 e. The number of nitrogens with zero attached hydrogens (tertiary/aromatic N) is 1. The number of fused-ring (bicyclic) bond motifs is 1. The molecule has 1 aromatic carbocycles. The van der Waals surface area contributed by atoms with Crippen molar-refractivity contribution in [3.63, 3.8) is 0 Å². The van der Waals surface area contributed by atoms with E-state index in [0.717, 1.165) is 24.7 Å². The molecule has 3 fully saturated rings. The van der Waals surface area contributed by atoms with Gasteiger partial charge < -0.3 is 19.1 Å².